The smallest absolute Gasteiger partial charge is 0.351 e. The predicted molar refractivity (Wildman–Crippen MR) is 107 cm³/mol. The second kappa shape index (κ2) is 9.13. The molecular weight excluding hydrogens is 374 g/mol. The van der Waals surface area contributed by atoms with Gasteiger partial charge in [0.15, 0.2) is 18.1 Å². The molecule has 0 saturated heterocycles. The average Bonchev–Trinajstić information content (AvgIpc) is 2.99. The van der Waals surface area contributed by atoms with Crippen molar-refractivity contribution in [3.63, 3.8) is 0 Å². The molecule has 1 aromatic carbocycles. The van der Waals surface area contributed by atoms with Gasteiger partial charge in [0.05, 0.1) is 0 Å². The largest absolute Gasteiger partial charge is 0.482 e. The Hall–Kier alpha value is -2.80. The van der Waals surface area contributed by atoms with Gasteiger partial charge in [0.25, 0.3) is 0 Å². The van der Waals surface area contributed by atoms with Crippen LogP contribution in [-0.2, 0) is 20.8 Å². The minimum absolute atomic E-state index is 0.241. The first-order chi connectivity index (χ1) is 13.9. The van der Waals surface area contributed by atoms with Gasteiger partial charge in [-0.25, -0.2) is 4.79 Å². The van der Waals surface area contributed by atoms with Gasteiger partial charge in [-0.05, 0) is 45.4 Å². The summed E-state index contributed by atoms with van der Waals surface area (Å²) in [6, 6.07) is 8.96. The van der Waals surface area contributed by atoms with Crippen molar-refractivity contribution in [3.8, 4) is 11.5 Å². The number of hydrogen-bond donors (Lipinski definition) is 0. The maximum Gasteiger partial charge on any atom is 0.351 e. The van der Waals surface area contributed by atoms with Crippen LogP contribution in [0, 0.1) is 13.8 Å². The lowest BCUT2D eigenvalue weighted by molar-refractivity contribution is -0.156. The molecule has 7 nitrogen and oxygen atoms in total. The number of rotatable bonds is 8. The molecule has 29 heavy (non-hydrogen) atoms. The zero-order valence-corrected chi connectivity index (χ0v) is 17.3. The van der Waals surface area contributed by atoms with Gasteiger partial charge in [0, 0.05) is 37.2 Å². The van der Waals surface area contributed by atoms with Gasteiger partial charge >= 0.3 is 5.97 Å². The van der Waals surface area contributed by atoms with Crippen molar-refractivity contribution >= 4 is 11.8 Å². The maximum atomic E-state index is 12.6. The summed E-state index contributed by atoms with van der Waals surface area (Å²) in [6.45, 7) is 6.67. The summed E-state index contributed by atoms with van der Waals surface area (Å²) in [6.07, 6.45) is -0.578. The van der Waals surface area contributed by atoms with Crippen LogP contribution in [0.3, 0.4) is 0 Å². The van der Waals surface area contributed by atoms with Gasteiger partial charge in [-0.15, -0.1) is 0 Å². The number of ether oxygens (including phenoxy) is 4. The van der Waals surface area contributed by atoms with Gasteiger partial charge in [0.2, 0.25) is 11.9 Å². The van der Waals surface area contributed by atoms with Crippen LogP contribution < -0.4 is 9.47 Å². The summed E-state index contributed by atoms with van der Waals surface area (Å²) in [4.78, 5) is 25.1. The second-order valence-electron chi connectivity index (χ2n) is 7.12. The molecule has 0 amide bonds. The van der Waals surface area contributed by atoms with E-state index in [9.17, 15) is 9.59 Å². The van der Waals surface area contributed by atoms with E-state index in [1.54, 1.807) is 32.2 Å². The Labute approximate surface area is 170 Å². The fourth-order valence-electron chi connectivity index (χ4n) is 3.47. The lowest BCUT2D eigenvalue weighted by atomic mass is 10.1. The van der Waals surface area contributed by atoms with Crippen LogP contribution in [0.25, 0.3) is 0 Å². The van der Waals surface area contributed by atoms with E-state index in [2.05, 4.69) is 4.57 Å². The number of Topliss-reactive ketones (excluding diaryl/α,β-unsaturated/α-hetero) is 1. The average molecular weight is 401 g/mol. The van der Waals surface area contributed by atoms with Gasteiger partial charge in [-0.2, -0.15) is 0 Å². The van der Waals surface area contributed by atoms with E-state index in [-0.39, 0.29) is 12.4 Å². The van der Waals surface area contributed by atoms with Gasteiger partial charge in [0.1, 0.15) is 6.10 Å². The normalized spacial score (nSPS) is 17.8. The molecule has 2 heterocycles. The number of esters is 1. The molecule has 0 N–H and O–H groups in total. The van der Waals surface area contributed by atoms with Crippen molar-refractivity contribution in [2.75, 3.05) is 20.3 Å². The molecular formula is C22H27NO6. The number of benzene rings is 1. The van der Waals surface area contributed by atoms with Crippen LogP contribution in [0.4, 0.5) is 0 Å². The first kappa shape index (κ1) is 20.9. The third-order valence-corrected chi connectivity index (χ3v) is 5.02. The topological polar surface area (TPSA) is 76.0 Å². The summed E-state index contributed by atoms with van der Waals surface area (Å²) in [5.74, 6) is 0.211. The number of aryl methyl sites for hydroxylation is 1. The third-order valence-electron chi connectivity index (χ3n) is 5.02. The summed E-state index contributed by atoms with van der Waals surface area (Å²) >= 11 is 0. The molecule has 1 aromatic heterocycles. The second-order valence-corrected chi connectivity index (χ2v) is 7.12. The zero-order valence-electron chi connectivity index (χ0n) is 17.3. The molecule has 0 fully saturated rings. The lowest BCUT2D eigenvalue weighted by Gasteiger charge is -2.30. The molecule has 2 unspecified atom stereocenters. The van der Waals surface area contributed by atoms with Gasteiger partial charge < -0.3 is 23.5 Å². The van der Waals surface area contributed by atoms with Crippen molar-refractivity contribution in [2.45, 2.75) is 45.9 Å². The van der Waals surface area contributed by atoms with Crippen LogP contribution >= 0.6 is 0 Å². The van der Waals surface area contributed by atoms with E-state index < -0.39 is 18.2 Å². The van der Waals surface area contributed by atoms with Gasteiger partial charge in [-0.3, -0.25) is 4.79 Å². The fourth-order valence-corrected chi connectivity index (χ4v) is 3.47. The van der Waals surface area contributed by atoms with Crippen LogP contribution in [0.15, 0.2) is 30.3 Å². The molecule has 0 aliphatic carbocycles. The summed E-state index contributed by atoms with van der Waals surface area (Å²) < 4.78 is 23.9. The van der Waals surface area contributed by atoms with Crippen LogP contribution in [0.2, 0.25) is 0 Å². The monoisotopic (exact) mass is 401 g/mol. The number of hydrogen-bond acceptors (Lipinski definition) is 6. The lowest BCUT2D eigenvalue weighted by Crippen LogP contribution is -2.44. The Morgan fingerprint density at radius 3 is 2.52 bits per heavy atom. The summed E-state index contributed by atoms with van der Waals surface area (Å²) in [5.41, 5.74) is 2.41. The number of carbonyl (C=O) groups is 2. The summed E-state index contributed by atoms with van der Waals surface area (Å²) in [5, 5.41) is 0. The molecule has 7 heteroatoms. The Morgan fingerprint density at radius 1 is 1.14 bits per heavy atom. The number of methoxy groups -OCH3 is 1. The minimum atomic E-state index is -0.917. The molecule has 2 atom stereocenters. The van der Waals surface area contributed by atoms with E-state index in [4.69, 9.17) is 18.9 Å². The molecule has 0 spiro atoms. The molecule has 3 rings (SSSR count). The Bertz CT molecular complexity index is 887. The minimum Gasteiger partial charge on any atom is -0.482 e. The van der Waals surface area contributed by atoms with Gasteiger partial charge in [-0.1, -0.05) is 12.1 Å². The highest BCUT2D eigenvalue weighted by molar-refractivity contribution is 5.99. The number of para-hydroxylation sites is 2. The van der Waals surface area contributed by atoms with E-state index in [1.807, 2.05) is 26.0 Å². The Morgan fingerprint density at radius 2 is 1.83 bits per heavy atom. The van der Waals surface area contributed by atoms with Crippen LogP contribution in [0.1, 0.15) is 35.1 Å². The van der Waals surface area contributed by atoms with E-state index >= 15 is 0 Å². The highest BCUT2D eigenvalue weighted by Gasteiger charge is 2.35. The molecule has 1 aliphatic rings. The van der Waals surface area contributed by atoms with Crippen molar-refractivity contribution in [3.05, 3.63) is 47.3 Å². The van der Waals surface area contributed by atoms with Crippen LogP contribution in [0.5, 0.6) is 11.5 Å². The molecule has 2 aromatic rings. The van der Waals surface area contributed by atoms with Crippen molar-refractivity contribution in [1.29, 1.82) is 0 Å². The number of aromatic nitrogens is 1. The van der Waals surface area contributed by atoms with Crippen LogP contribution in [-0.4, -0.2) is 48.9 Å². The first-order valence-corrected chi connectivity index (χ1v) is 9.70. The molecule has 1 aliphatic heterocycles. The van der Waals surface area contributed by atoms with E-state index in [0.29, 0.717) is 23.7 Å². The summed E-state index contributed by atoms with van der Waals surface area (Å²) in [7, 11) is 1.67. The Balaban J connectivity index is 1.61. The SMILES string of the molecule is COCCCn1c(C)cc(C(=O)COC(=O)C2Oc3ccccc3OC2C)c1C. The molecule has 0 bridgehead atoms. The maximum absolute atomic E-state index is 12.6. The fraction of sp³-hybridized carbons (Fsp3) is 0.455. The number of ketones is 1. The number of nitrogens with zero attached hydrogens (tertiary/aromatic N) is 1. The highest BCUT2D eigenvalue weighted by atomic mass is 16.6. The standard InChI is InChI=1S/C22H27NO6/c1-14-12-17(15(2)23(14)10-7-11-26-4)18(24)13-27-22(25)21-16(3)28-19-8-5-6-9-20(19)29-21/h5-6,8-9,12,16,21H,7,10-11,13H2,1-4H3. The molecule has 0 saturated carbocycles. The van der Waals surface area contributed by atoms with Crippen molar-refractivity contribution in [2.24, 2.45) is 0 Å². The predicted octanol–water partition coefficient (Wildman–Crippen LogP) is 3.10. The van der Waals surface area contributed by atoms with E-state index in [0.717, 1.165) is 24.4 Å². The molecule has 156 valence electrons. The zero-order chi connectivity index (χ0) is 21.0. The first-order valence-electron chi connectivity index (χ1n) is 9.70. The Kier molecular flexibility index (Phi) is 6.59. The van der Waals surface area contributed by atoms with E-state index in [1.165, 1.54) is 0 Å². The van der Waals surface area contributed by atoms with Crippen molar-refractivity contribution < 1.29 is 28.5 Å². The third kappa shape index (κ3) is 4.62. The number of fused-ring (bicyclic) bond motifs is 1. The molecule has 0 radical (unpaired) electrons. The highest BCUT2D eigenvalue weighted by Crippen LogP contribution is 2.33. The van der Waals surface area contributed by atoms with Crippen molar-refractivity contribution in [1.82, 2.24) is 4.57 Å². The number of carbonyl (C=O) groups excluding carboxylic acids is 2. The quantitative estimate of drug-likeness (QED) is 0.384.